The van der Waals surface area contributed by atoms with E-state index >= 15 is 0 Å². The average molecular weight is 222 g/mol. The van der Waals surface area contributed by atoms with Gasteiger partial charge in [0.05, 0.1) is 10.5 Å². The van der Waals surface area contributed by atoms with Gasteiger partial charge in [0.25, 0.3) is 0 Å². The molecule has 0 bridgehead atoms. The summed E-state index contributed by atoms with van der Waals surface area (Å²) in [6.45, 7) is 6.14. The number of nitrogens with zero attached hydrogens (tertiary/aromatic N) is 1. The van der Waals surface area contributed by atoms with Crippen LogP contribution in [0.1, 0.15) is 26.3 Å². The second kappa shape index (κ2) is 5.72. The Kier molecular flexibility index (Phi) is 4.57. The fourth-order valence-corrected chi connectivity index (χ4v) is 1.54. The van der Waals surface area contributed by atoms with Crippen molar-refractivity contribution in [1.29, 1.82) is 0 Å². The molecule has 0 aliphatic heterocycles. The van der Waals surface area contributed by atoms with E-state index in [-0.39, 0.29) is 0 Å². The normalized spacial score (nSPS) is 9.60. The summed E-state index contributed by atoms with van der Waals surface area (Å²) in [6, 6.07) is 8.21. The van der Waals surface area contributed by atoms with Crippen molar-refractivity contribution in [1.82, 2.24) is 4.98 Å². The second-order valence-corrected chi connectivity index (χ2v) is 3.47. The molecule has 0 radical (unpaired) electrons. The Morgan fingerprint density at radius 1 is 1.20 bits per heavy atom. The second-order valence-electron chi connectivity index (χ2n) is 3.03. The average Bonchev–Trinajstić information content (AvgIpc) is 2.30. The Morgan fingerprint density at radius 2 is 1.93 bits per heavy atom. The topological polar surface area (TPSA) is 12.9 Å². The van der Waals surface area contributed by atoms with Crippen molar-refractivity contribution >= 4 is 22.5 Å². The van der Waals surface area contributed by atoms with E-state index in [2.05, 4.69) is 24.0 Å². The SMILES string of the molecule is CC.CCc1ccc2ncc(Cl)cc2c1. The molecule has 2 aromatic rings. The van der Waals surface area contributed by atoms with Crippen molar-refractivity contribution in [3.63, 3.8) is 0 Å². The first-order valence-corrected chi connectivity index (χ1v) is 5.71. The molecule has 1 aromatic heterocycles. The van der Waals surface area contributed by atoms with Gasteiger partial charge in [-0.1, -0.05) is 38.4 Å². The van der Waals surface area contributed by atoms with Crippen LogP contribution in [0.4, 0.5) is 0 Å². The molecule has 0 saturated carbocycles. The van der Waals surface area contributed by atoms with Crippen LogP contribution in [0.25, 0.3) is 10.9 Å². The van der Waals surface area contributed by atoms with Crippen molar-refractivity contribution < 1.29 is 0 Å². The zero-order chi connectivity index (χ0) is 11.3. The predicted octanol–water partition coefficient (Wildman–Crippen LogP) is 4.48. The van der Waals surface area contributed by atoms with Gasteiger partial charge < -0.3 is 0 Å². The lowest BCUT2D eigenvalue weighted by molar-refractivity contribution is 1.14. The van der Waals surface area contributed by atoms with Gasteiger partial charge in [0.2, 0.25) is 0 Å². The van der Waals surface area contributed by atoms with E-state index in [4.69, 9.17) is 11.6 Å². The third kappa shape index (κ3) is 2.93. The predicted molar refractivity (Wildman–Crippen MR) is 67.5 cm³/mol. The minimum atomic E-state index is 0.695. The summed E-state index contributed by atoms with van der Waals surface area (Å²) >= 11 is 5.85. The molecular formula is C13H16ClN. The Balaban J connectivity index is 0.000000531. The van der Waals surface area contributed by atoms with Gasteiger partial charge >= 0.3 is 0 Å². The summed E-state index contributed by atoms with van der Waals surface area (Å²) in [5.74, 6) is 0. The van der Waals surface area contributed by atoms with Crippen LogP contribution >= 0.6 is 11.6 Å². The van der Waals surface area contributed by atoms with Gasteiger partial charge in [-0.15, -0.1) is 0 Å². The van der Waals surface area contributed by atoms with E-state index in [9.17, 15) is 0 Å². The maximum absolute atomic E-state index is 5.85. The number of pyridine rings is 1. The van der Waals surface area contributed by atoms with Gasteiger partial charge in [-0.25, -0.2) is 0 Å². The lowest BCUT2D eigenvalue weighted by Gasteiger charge is -2.00. The van der Waals surface area contributed by atoms with Crippen molar-refractivity contribution in [2.24, 2.45) is 0 Å². The van der Waals surface area contributed by atoms with Crippen LogP contribution in [0.2, 0.25) is 5.02 Å². The molecular weight excluding hydrogens is 206 g/mol. The van der Waals surface area contributed by atoms with Gasteiger partial charge in [0.1, 0.15) is 0 Å². The van der Waals surface area contributed by atoms with Crippen LogP contribution in [0, 0.1) is 0 Å². The highest BCUT2D eigenvalue weighted by Crippen LogP contribution is 2.18. The molecule has 0 N–H and O–H groups in total. The van der Waals surface area contributed by atoms with Gasteiger partial charge in [-0.2, -0.15) is 0 Å². The molecule has 15 heavy (non-hydrogen) atoms. The lowest BCUT2D eigenvalue weighted by Crippen LogP contribution is -1.82. The highest BCUT2D eigenvalue weighted by Gasteiger charge is 1.96. The molecule has 0 saturated heterocycles. The fourth-order valence-electron chi connectivity index (χ4n) is 1.37. The minimum Gasteiger partial charge on any atom is -0.255 e. The molecule has 2 heteroatoms. The number of rotatable bonds is 1. The third-order valence-corrected chi connectivity index (χ3v) is 2.33. The number of aromatic nitrogens is 1. The lowest BCUT2D eigenvalue weighted by atomic mass is 10.1. The standard InChI is InChI=1S/C11H10ClN.C2H6/c1-2-8-3-4-11-9(5-8)6-10(12)7-13-11;1-2/h3-7H,2H2,1H3;1-2H3. The van der Waals surface area contributed by atoms with E-state index in [1.165, 1.54) is 5.56 Å². The highest BCUT2D eigenvalue weighted by atomic mass is 35.5. The molecule has 2 rings (SSSR count). The Morgan fingerprint density at radius 3 is 2.60 bits per heavy atom. The van der Waals surface area contributed by atoms with Crippen molar-refractivity contribution in [3.05, 3.63) is 41.0 Å². The summed E-state index contributed by atoms with van der Waals surface area (Å²) < 4.78 is 0. The summed E-state index contributed by atoms with van der Waals surface area (Å²) in [6.07, 6.45) is 2.72. The summed E-state index contributed by atoms with van der Waals surface area (Å²) in [7, 11) is 0. The van der Waals surface area contributed by atoms with Crippen LogP contribution in [0.3, 0.4) is 0 Å². The molecule has 80 valence electrons. The number of fused-ring (bicyclic) bond motifs is 1. The first-order valence-electron chi connectivity index (χ1n) is 5.34. The number of benzene rings is 1. The van der Waals surface area contributed by atoms with Crippen LogP contribution < -0.4 is 0 Å². The molecule has 0 aliphatic carbocycles. The Hall–Kier alpha value is -1.08. The van der Waals surface area contributed by atoms with E-state index in [1.807, 2.05) is 26.0 Å². The number of hydrogen-bond donors (Lipinski definition) is 0. The Labute approximate surface area is 96.1 Å². The summed E-state index contributed by atoms with van der Waals surface area (Å²) in [5.41, 5.74) is 2.32. The van der Waals surface area contributed by atoms with E-state index < -0.39 is 0 Å². The monoisotopic (exact) mass is 221 g/mol. The third-order valence-electron chi connectivity index (χ3n) is 2.12. The molecule has 0 unspecified atom stereocenters. The zero-order valence-corrected chi connectivity index (χ0v) is 10.2. The van der Waals surface area contributed by atoms with E-state index in [1.54, 1.807) is 6.20 Å². The largest absolute Gasteiger partial charge is 0.255 e. The number of halogens is 1. The smallest absolute Gasteiger partial charge is 0.0703 e. The van der Waals surface area contributed by atoms with Crippen molar-refractivity contribution in [2.75, 3.05) is 0 Å². The summed E-state index contributed by atoms with van der Waals surface area (Å²) in [5, 5.41) is 1.81. The number of aryl methyl sites for hydroxylation is 1. The first kappa shape index (κ1) is 12.0. The zero-order valence-electron chi connectivity index (χ0n) is 9.42. The maximum Gasteiger partial charge on any atom is 0.0703 e. The summed E-state index contributed by atoms with van der Waals surface area (Å²) in [4.78, 5) is 4.22. The molecule has 0 atom stereocenters. The van der Waals surface area contributed by atoms with Crippen LogP contribution in [-0.2, 0) is 6.42 Å². The molecule has 1 aromatic carbocycles. The molecule has 0 amide bonds. The Bertz CT molecular complexity index is 437. The highest BCUT2D eigenvalue weighted by molar-refractivity contribution is 6.31. The van der Waals surface area contributed by atoms with Gasteiger partial charge in [-0.3, -0.25) is 4.98 Å². The van der Waals surface area contributed by atoms with Crippen LogP contribution in [0.5, 0.6) is 0 Å². The minimum absolute atomic E-state index is 0.695. The van der Waals surface area contributed by atoms with Crippen LogP contribution in [0.15, 0.2) is 30.5 Å². The van der Waals surface area contributed by atoms with Crippen LogP contribution in [-0.4, -0.2) is 4.98 Å². The molecule has 1 heterocycles. The molecule has 0 spiro atoms. The fraction of sp³-hybridized carbons (Fsp3) is 0.308. The van der Waals surface area contributed by atoms with Crippen molar-refractivity contribution in [2.45, 2.75) is 27.2 Å². The van der Waals surface area contributed by atoms with E-state index in [0.717, 1.165) is 17.3 Å². The van der Waals surface area contributed by atoms with E-state index in [0.29, 0.717) is 5.02 Å². The molecule has 1 nitrogen and oxygen atoms in total. The molecule has 0 fully saturated rings. The number of hydrogen-bond acceptors (Lipinski definition) is 1. The van der Waals surface area contributed by atoms with Gasteiger partial charge in [0, 0.05) is 11.6 Å². The molecule has 0 aliphatic rings. The van der Waals surface area contributed by atoms with Gasteiger partial charge in [0.15, 0.2) is 0 Å². The van der Waals surface area contributed by atoms with Crippen molar-refractivity contribution in [3.8, 4) is 0 Å². The first-order chi connectivity index (χ1) is 7.29. The van der Waals surface area contributed by atoms with Gasteiger partial charge in [-0.05, 0) is 30.2 Å². The maximum atomic E-state index is 5.85. The quantitative estimate of drug-likeness (QED) is 0.692.